The summed E-state index contributed by atoms with van der Waals surface area (Å²) in [5.74, 6) is 0.795. The van der Waals surface area contributed by atoms with Gasteiger partial charge < -0.3 is 11.1 Å². The molecule has 0 spiro atoms. The van der Waals surface area contributed by atoms with Gasteiger partial charge in [0.1, 0.15) is 0 Å². The standard InChI is InChI=1S/C15H29N3O/c16-10-13-6-5-9-18(11-13)12-15(19)17-14-7-3-1-2-4-8-14/h13-14H,1-12,16H2,(H,17,19). The van der Waals surface area contributed by atoms with Gasteiger partial charge >= 0.3 is 0 Å². The molecule has 1 aliphatic carbocycles. The van der Waals surface area contributed by atoms with Gasteiger partial charge in [0.15, 0.2) is 0 Å². The summed E-state index contributed by atoms with van der Waals surface area (Å²) < 4.78 is 0. The van der Waals surface area contributed by atoms with Gasteiger partial charge in [0.05, 0.1) is 6.54 Å². The van der Waals surface area contributed by atoms with Gasteiger partial charge in [-0.15, -0.1) is 0 Å². The maximum absolute atomic E-state index is 12.1. The normalized spacial score (nSPS) is 26.9. The van der Waals surface area contributed by atoms with Crippen LogP contribution < -0.4 is 11.1 Å². The summed E-state index contributed by atoms with van der Waals surface area (Å²) in [6.45, 7) is 3.36. The molecule has 1 saturated heterocycles. The van der Waals surface area contributed by atoms with Gasteiger partial charge in [-0.2, -0.15) is 0 Å². The SMILES string of the molecule is NCC1CCCN(CC(=O)NC2CCCCCC2)C1. The molecule has 1 unspecified atom stereocenters. The van der Waals surface area contributed by atoms with E-state index in [0.717, 1.165) is 32.5 Å². The van der Waals surface area contributed by atoms with Gasteiger partial charge in [-0.1, -0.05) is 25.7 Å². The number of nitrogens with two attached hydrogens (primary N) is 1. The monoisotopic (exact) mass is 267 g/mol. The first kappa shape index (κ1) is 14.8. The van der Waals surface area contributed by atoms with E-state index in [9.17, 15) is 4.79 Å². The summed E-state index contributed by atoms with van der Waals surface area (Å²) in [7, 11) is 0. The van der Waals surface area contributed by atoms with Crippen molar-refractivity contribution in [1.82, 2.24) is 10.2 Å². The minimum atomic E-state index is 0.213. The zero-order chi connectivity index (χ0) is 13.5. The lowest BCUT2D eigenvalue weighted by Gasteiger charge is -2.31. The maximum Gasteiger partial charge on any atom is 0.234 e. The average Bonchev–Trinajstić information content (AvgIpc) is 2.67. The number of rotatable bonds is 4. The van der Waals surface area contributed by atoms with E-state index in [0.29, 0.717) is 18.5 Å². The van der Waals surface area contributed by atoms with Gasteiger partial charge in [0.2, 0.25) is 5.91 Å². The molecule has 110 valence electrons. The average molecular weight is 267 g/mol. The summed E-state index contributed by atoms with van der Waals surface area (Å²) in [6, 6.07) is 0.421. The van der Waals surface area contributed by atoms with Crippen LogP contribution in [0.25, 0.3) is 0 Å². The molecule has 1 aliphatic heterocycles. The van der Waals surface area contributed by atoms with Crippen LogP contribution in [-0.4, -0.2) is 43.0 Å². The minimum Gasteiger partial charge on any atom is -0.352 e. The Morgan fingerprint density at radius 1 is 1.11 bits per heavy atom. The lowest BCUT2D eigenvalue weighted by molar-refractivity contribution is -0.123. The summed E-state index contributed by atoms with van der Waals surface area (Å²) in [5.41, 5.74) is 5.74. The number of amides is 1. The van der Waals surface area contributed by atoms with Crippen LogP contribution in [0, 0.1) is 5.92 Å². The molecule has 1 saturated carbocycles. The quantitative estimate of drug-likeness (QED) is 0.759. The summed E-state index contributed by atoms with van der Waals surface area (Å²) in [4.78, 5) is 14.4. The molecule has 0 radical (unpaired) electrons. The zero-order valence-corrected chi connectivity index (χ0v) is 12.1. The molecule has 2 rings (SSSR count). The third-order valence-electron chi connectivity index (χ3n) is 4.52. The molecule has 0 aromatic carbocycles. The highest BCUT2D eigenvalue weighted by Gasteiger charge is 2.21. The largest absolute Gasteiger partial charge is 0.352 e. The van der Waals surface area contributed by atoms with Gasteiger partial charge in [-0.25, -0.2) is 0 Å². The number of likely N-dealkylation sites (tertiary alicyclic amines) is 1. The number of carbonyl (C=O) groups is 1. The number of nitrogens with one attached hydrogen (secondary N) is 1. The van der Waals surface area contributed by atoms with Crippen LogP contribution >= 0.6 is 0 Å². The van der Waals surface area contributed by atoms with E-state index < -0.39 is 0 Å². The second-order valence-corrected chi connectivity index (χ2v) is 6.24. The Bertz CT molecular complexity index is 275. The van der Waals surface area contributed by atoms with Gasteiger partial charge in [0, 0.05) is 12.6 Å². The lowest BCUT2D eigenvalue weighted by atomic mass is 9.98. The molecule has 4 heteroatoms. The molecule has 2 fully saturated rings. The maximum atomic E-state index is 12.1. The van der Waals surface area contributed by atoms with Crippen LogP contribution in [0.15, 0.2) is 0 Å². The Balaban J connectivity index is 1.70. The van der Waals surface area contributed by atoms with Crippen molar-refractivity contribution in [3.8, 4) is 0 Å². The fourth-order valence-corrected chi connectivity index (χ4v) is 3.39. The van der Waals surface area contributed by atoms with Gasteiger partial charge in [0.25, 0.3) is 0 Å². The predicted octanol–water partition coefficient (Wildman–Crippen LogP) is 1.50. The van der Waals surface area contributed by atoms with Crippen molar-refractivity contribution in [2.24, 2.45) is 11.7 Å². The van der Waals surface area contributed by atoms with E-state index in [-0.39, 0.29) is 5.91 Å². The Hall–Kier alpha value is -0.610. The third kappa shape index (κ3) is 5.11. The molecule has 2 aliphatic rings. The van der Waals surface area contributed by atoms with Crippen LogP contribution in [0.1, 0.15) is 51.4 Å². The summed E-state index contributed by atoms with van der Waals surface area (Å²) >= 11 is 0. The van der Waals surface area contributed by atoms with E-state index in [4.69, 9.17) is 5.73 Å². The molecule has 0 aromatic heterocycles. The van der Waals surface area contributed by atoms with E-state index in [1.165, 1.54) is 38.5 Å². The number of hydrogen-bond acceptors (Lipinski definition) is 3. The van der Waals surface area contributed by atoms with Crippen molar-refractivity contribution >= 4 is 5.91 Å². The number of carbonyl (C=O) groups excluding carboxylic acids is 1. The molecular weight excluding hydrogens is 238 g/mol. The molecule has 4 nitrogen and oxygen atoms in total. The lowest BCUT2D eigenvalue weighted by Crippen LogP contribution is -2.46. The van der Waals surface area contributed by atoms with Crippen molar-refractivity contribution in [3.63, 3.8) is 0 Å². The molecule has 1 atom stereocenters. The molecule has 3 N–H and O–H groups in total. The van der Waals surface area contributed by atoms with Crippen molar-refractivity contribution in [3.05, 3.63) is 0 Å². The van der Waals surface area contributed by atoms with Crippen LogP contribution in [-0.2, 0) is 4.79 Å². The Kier molecular flexibility index (Phi) is 6.11. The number of hydrogen-bond donors (Lipinski definition) is 2. The van der Waals surface area contributed by atoms with E-state index in [1.54, 1.807) is 0 Å². The molecular formula is C15H29N3O. The molecule has 0 aromatic rings. The summed E-state index contributed by atoms with van der Waals surface area (Å²) in [5, 5.41) is 3.23. The highest BCUT2D eigenvalue weighted by Crippen LogP contribution is 2.18. The van der Waals surface area contributed by atoms with Crippen molar-refractivity contribution < 1.29 is 4.79 Å². The number of piperidine rings is 1. The third-order valence-corrected chi connectivity index (χ3v) is 4.52. The highest BCUT2D eigenvalue weighted by atomic mass is 16.2. The van der Waals surface area contributed by atoms with Gasteiger partial charge in [-0.05, 0) is 44.7 Å². The van der Waals surface area contributed by atoms with Crippen molar-refractivity contribution in [1.29, 1.82) is 0 Å². The first-order valence-electron chi connectivity index (χ1n) is 7.99. The molecule has 1 heterocycles. The second-order valence-electron chi connectivity index (χ2n) is 6.24. The van der Waals surface area contributed by atoms with Crippen molar-refractivity contribution in [2.45, 2.75) is 57.4 Å². The Labute approximate surface area is 117 Å². The fraction of sp³-hybridized carbons (Fsp3) is 0.933. The smallest absolute Gasteiger partial charge is 0.234 e. The topological polar surface area (TPSA) is 58.4 Å². The van der Waals surface area contributed by atoms with Crippen LogP contribution in [0.5, 0.6) is 0 Å². The Morgan fingerprint density at radius 3 is 2.53 bits per heavy atom. The van der Waals surface area contributed by atoms with Crippen LogP contribution in [0.4, 0.5) is 0 Å². The second kappa shape index (κ2) is 7.85. The molecule has 0 bridgehead atoms. The van der Waals surface area contributed by atoms with E-state index >= 15 is 0 Å². The van der Waals surface area contributed by atoms with E-state index in [2.05, 4.69) is 10.2 Å². The molecule has 19 heavy (non-hydrogen) atoms. The van der Waals surface area contributed by atoms with Gasteiger partial charge in [-0.3, -0.25) is 9.69 Å². The minimum absolute atomic E-state index is 0.213. The zero-order valence-electron chi connectivity index (χ0n) is 12.1. The first-order chi connectivity index (χ1) is 9.28. The number of nitrogens with zero attached hydrogens (tertiary/aromatic N) is 1. The van der Waals surface area contributed by atoms with Crippen LogP contribution in [0.2, 0.25) is 0 Å². The predicted molar refractivity (Wildman–Crippen MR) is 77.9 cm³/mol. The highest BCUT2D eigenvalue weighted by molar-refractivity contribution is 5.78. The first-order valence-corrected chi connectivity index (χ1v) is 7.99. The molecule has 1 amide bonds. The van der Waals surface area contributed by atoms with Crippen LogP contribution in [0.3, 0.4) is 0 Å². The fourth-order valence-electron chi connectivity index (χ4n) is 3.39. The summed E-state index contributed by atoms with van der Waals surface area (Å²) in [6.07, 6.45) is 9.92. The Morgan fingerprint density at radius 2 is 1.84 bits per heavy atom. The van der Waals surface area contributed by atoms with E-state index in [1.807, 2.05) is 0 Å². The van der Waals surface area contributed by atoms with Crippen molar-refractivity contribution in [2.75, 3.05) is 26.2 Å².